The van der Waals surface area contributed by atoms with E-state index in [-0.39, 0.29) is 17.8 Å². The number of hydrogen-bond donors (Lipinski definition) is 2. The van der Waals surface area contributed by atoms with E-state index in [1.54, 1.807) is 19.1 Å². The van der Waals surface area contributed by atoms with Crippen LogP contribution in [-0.2, 0) is 6.54 Å². The van der Waals surface area contributed by atoms with Gasteiger partial charge in [-0.15, -0.1) is 0 Å². The van der Waals surface area contributed by atoms with Crippen LogP contribution < -0.4 is 9.64 Å². The lowest BCUT2D eigenvalue weighted by Gasteiger charge is -2.34. The van der Waals surface area contributed by atoms with Crippen LogP contribution in [-0.4, -0.2) is 34.8 Å². The van der Waals surface area contributed by atoms with Crippen molar-refractivity contribution in [1.82, 2.24) is 0 Å². The third-order valence-corrected chi connectivity index (χ3v) is 4.61. The van der Waals surface area contributed by atoms with Gasteiger partial charge in [-0.25, -0.2) is 0 Å². The Morgan fingerprint density at radius 2 is 1.85 bits per heavy atom. The minimum Gasteiger partial charge on any atom is -0.491 e. The molecule has 0 aliphatic carbocycles. The van der Waals surface area contributed by atoms with Gasteiger partial charge < -0.3 is 14.7 Å². The van der Waals surface area contributed by atoms with Gasteiger partial charge in [0.2, 0.25) is 0 Å². The number of hydrogen-bond acceptors (Lipinski definition) is 4. The van der Waals surface area contributed by atoms with Gasteiger partial charge in [0.05, 0.1) is 10.5 Å². The molecule has 0 aliphatic rings. The molecule has 0 bridgehead atoms. The second kappa shape index (κ2) is 8.97. The van der Waals surface area contributed by atoms with Gasteiger partial charge in [0.15, 0.2) is 0 Å². The van der Waals surface area contributed by atoms with E-state index in [2.05, 4.69) is 32.9 Å². The van der Waals surface area contributed by atoms with Crippen LogP contribution in [0.15, 0.2) is 48.5 Å². The van der Waals surface area contributed by atoms with Crippen LogP contribution in [0.5, 0.6) is 5.75 Å². The Morgan fingerprint density at radius 3 is 2.41 bits per heavy atom. The highest BCUT2D eigenvalue weighted by molar-refractivity contribution is 5.44. The molecule has 0 fully saturated rings. The molecule has 2 aromatic carbocycles. The molecule has 0 spiro atoms. The summed E-state index contributed by atoms with van der Waals surface area (Å²) >= 11 is 0. The average Bonchev–Trinajstić information content (AvgIpc) is 2.59. The summed E-state index contributed by atoms with van der Waals surface area (Å²) in [6.45, 7) is 9.64. The summed E-state index contributed by atoms with van der Waals surface area (Å²) in [5.41, 5.74) is 1.80. The lowest BCUT2D eigenvalue weighted by atomic mass is 10.0. The summed E-state index contributed by atoms with van der Waals surface area (Å²) in [6.07, 6.45) is -0.640. The second-order valence-corrected chi connectivity index (χ2v) is 7.89. The first-order valence-corrected chi connectivity index (χ1v) is 9.12. The van der Waals surface area contributed by atoms with Gasteiger partial charge in [-0.05, 0) is 39.8 Å². The summed E-state index contributed by atoms with van der Waals surface area (Å²) < 4.78 is 5.66. The minimum atomic E-state index is -0.640. The number of nitrogens with zero attached hydrogens (tertiary/aromatic N) is 1. The second-order valence-electron chi connectivity index (χ2n) is 7.89. The Labute approximate surface area is 160 Å². The lowest BCUT2D eigenvalue weighted by Crippen LogP contribution is -3.18. The Bertz CT molecular complexity index is 757. The first-order chi connectivity index (χ1) is 12.7. The number of rotatable bonds is 8. The summed E-state index contributed by atoms with van der Waals surface area (Å²) in [6, 6.07) is 14.8. The van der Waals surface area contributed by atoms with Crippen molar-refractivity contribution < 1.29 is 19.7 Å². The fourth-order valence-corrected chi connectivity index (χ4v) is 2.94. The van der Waals surface area contributed by atoms with Crippen LogP contribution >= 0.6 is 0 Å². The number of nitro benzene ring substituents is 1. The maximum atomic E-state index is 10.9. The Kier molecular flexibility index (Phi) is 6.93. The molecule has 2 rings (SSSR count). The van der Waals surface area contributed by atoms with Crippen molar-refractivity contribution in [1.29, 1.82) is 0 Å². The van der Waals surface area contributed by atoms with Gasteiger partial charge in [-0.2, -0.15) is 0 Å². The van der Waals surface area contributed by atoms with Crippen molar-refractivity contribution in [2.75, 3.05) is 13.2 Å². The Morgan fingerprint density at radius 1 is 1.19 bits per heavy atom. The molecule has 27 heavy (non-hydrogen) atoms. The molecule has 2 unspecified atom stereocenters. The van der Waals surface area contributed by atoms with Crippen molar-refractivity contribution in [3.63, 3.8) is 0 Å². The summed E-state index contributed by atoms with van der Waals surface area (Å²) in [5, 5.41) is 21.4. The highest BCUT2D eigenvalue weighted by Crippen LogP contribution is 2.23. The van der Waals surface area contributed by atoms with Crippen molar-refractivity contribution in [2.45, 2.75) is 45.9 Å². The van der Waals surface area contributed by atoms with E-state index in [0.29, 0.717) is 17.9 Å². The monoisotopic (exact) mass is 373 g/mol. The highest BCUT2D eigenvalue weighted by atomic mass is 16.6. The quantitative estimate of drug-likeness (QED) is 0.551. The smallest absolute Gasteiger partial charge is 0.272 e. The van der Waals surface area contributed by atoms with E-state index in [0.717, 1.165) is 6.54 Å². The maximum absolute atomic E-state index is 10.9. The molecule has 2 atom stereocenters. The number of nitro groups is 1. The lowest BCUT2D eigenvalue weighted by molar-refractivity contribution is -0.962. The zero-order valence-electron chi connectivity index (χ0n) is 16.4. The van der Waals surface area contributed by atoms with E-state index in [1.165, 1.54) is 16.5 Å². The number of ether oxygens (including phenoxy) is 1. The number of aliphatic hydroxyl groups excluding tert-OH is 1. The molecule has 6 heteroatoms. The number of aliphatic hydroxyl groups is 1. The largest absolute Gasteiger partial charge is 0.491 e. The third-order valence-electron chi connectivity index (χ3n) is 4.61. The standard InChI is InChI=1S/C21H28N2O4/c1-16-12-19(10-11-20(16)23(25)26)27-15-18(24)14-22(21(2,3)4)13-17-8-6-5-7-9-17/h5-12,18,24H,13-15H2,1-4H3/p+1. The molecule has 2 aromatic rings. The molecule has 0 aromatic heterocycles. The first kappa shape index (κ1) is 20.9. The van der Waals surface area contributed by atoms with Gasteiger partial charge in [-0.3, -0.25) is 10.1 Å². The molecule has 0 aliphatic heterocycles. The number of aryl methyl sites for hydroxylation is 1. The topological polar surface area (TPSA) is 77.0 Å². The molecular formula is C21H29N2O4+. The van der Waals surface area contributed by atoms with Gasteiger partial charge in [-0.1, -0.05) is 30.3 Å². The summed E-state index contributed by atoms with van der Waals surface area (Å²) in [4.78, 5) is 11.7. The Hall–Kier alpha value is -2.44. The predicted molar refractivity (Wildman–Crippen MR) is 105 cm³/mol. The van der Waals surface area contributed by atoms with Gasteiger partial charge >= 0.3 is 0 Å². The van der Waals surface area contributed by atoms with Crippen LogP contribution in [0.3, 0.4) is 0 Å². The first-order valence-electron chi connectivity index (χ1n) is 9.12. The predicted octanol–water partition coefficient (Wildman–Crippen LogP) is 2.53. The van der Waals surface area contributed by atoms with Gasteiger partial charge in [0, 0.05) is 17.2 Å². The van der Waals surface area contributed by atoms with Crippen molar-refractivity contribution in [3.8, 4) is 5.75 Å². The van der Waals surface area contributed by atoms with Crippen LogP contribution in [0.25, 0.3) is 0 Å². The molecule has 6 nitrogen and oxygen atoms in total. The zero-order valence-corrected chi connectivity index (χ0v) is 16.4. The van der Waals surface area contributed by atoms with E-state index < -0.39 is 11.0 Å². The number of benzene rings is 2. The molecule has 0 saturated carbocycles. The normalized spacial score (nSPS) is 13.8. The molecular weight excluding hydrogens is 344 g/mol. The Balaban J connectivity index is 1.96. The average molecular weight is 373 g/mol. The van der Waals surface area contributed by atoms with Crippen molar-refractivity contribution in [3.05, 3.63) is 69.8 Å². The van der Waals surface area contributed by atoms with Gasteiger partial charge in [0.25, 0.3) is 5.69 Å². The van der Waals surface area contributed by atoms with Gasteiger partial charge in [0.1, 0.15) is 31.5 Å². The fraction of sp³-hybridized carbons (Fsp3) is 0.429. The highest BCUT2D eigenvalue weighted by Gasteiger charge is 2.28. The number of quaternary nitrogens is 1. The minimum absolute atomic E-state index is 0.0270. The summed E-state index contributed by atoms with van der Waals surface area (Å²) in [5.74, 6) is 0.525. The summed E-state index contributed by atoms with van der Waals surface area (Å²) in [7, 11) is 0. The van der Waals surface area contributed by atoms with E-state index in [9.17, 15) is 15.2 Å². The van der Waals surface area contributed by atoms with Crippen LogP contribution in [0, 0.1) is 17.0 Å². The molecule has 146 valence electrons. The third kappa shape index (κ3) is 6.34. The van der Waals surface area contributed by atoms with E-state index in [4.69, 9.17) is 4.74 Å². The van der Waals surface area contributed by atoms with Crippen LogP contribution in [0.4, 0.5) is 5.69 Å². The van der Waals surface area contributed by atoms with Crippen molar-refractivity contribution >= 4 is 5.69 Å². The van der Waals surface area contributed by atoms with Crippen LogP contribution in [0.1, 0.15) is 31.9 Å². The van der Waals surface area contributed by atoms with Crippen molar-refractivity contribution in [2.24, 2.45) is 0 Å². The zero-order chi connectivity index (χ0) is 20.0. The molecule has 0 saturated heterocycles. The molecule has 0 radical (unpaired) electrons. The molecule has 2 N–H and O–H groups in total. The van der Waals surface area contributed by atoms with E-state index in [1.807, 2.05) is 18.2 Å². The molecule has 0 amide bonds. The SMILES string of the molecule is Cc1cc(OCC(O)C[NH+](Cc2ccccc2)C(C)(C)C)ccc1[N+](=O)[O-]. The number of nitrogens with one attached hydrogen (secondary N) is 1. The van der Waals surface area contributed by atoms with E-state index >= 15 is 0 Å². The maximum Gasteiger partial charge on any atom is 0.272 e. The fourth-order valence-electron chi connectivity index (χ4n) is 2.94. The van der Waals surface area contributed by atoms with Crippen LogP contribution in [0.2, 0.25) is 0 Å². The molecule has 0 heterocycles.